The maximum atomic E-state index is 12.8. The number of amides is 1. The summed E-state index contributed by atoms with van der Waals surface area (Å²) < 4.78 is 1.50. The average Bonchev–Trinajstić information content (AvgIpc) is 3.18. The second-order valence-electron chi connectivity index (χ2n) is 7.81. The highest BCUT2D eigenvalue weighted by molar-refractivity contribution is 5.93. The lowest BCUT2D eigenvalue weighted by molar-refractivity contribution is 0.0680. The summed E-state index contributed by atoms with van der Waals surface area (Å²) in [5.41, 5.74) is 2.11. The minimum Gasteiger partial charge on any atom is -0.339 e. The Hall–Kier alpha value is -2.44. The van der Waals surface area contributed by atoms with Crippen LogP contribution in [-0.2, 0) is 12.8 Å². The summed E-state index contributed by atoms with van der Waals surface area (Å²) in [4.78, 5) is 34.2. The smallest absolute Gasteiger partial charge is 0.257 e. The lowest BCUT2D eigenvalue weighted by Crippen LogP contribution is -2.38. The van der Waals surface area contributed by atoms with Crippen LogP contribution in [0.2, 0.25) is 0 Å². The first kappa shape index (κ1) is 15.8. The minimum absolute atomic E-state index is 0.0222. The van der Waals surface area contributed by atoms with Crippen LogP contribution in [0.15, 0.2) is 17.2 Å². The van der Waals surface area contributed by atoms with Crippen molar-refractivity contribution >= 4 is 5.91 Å². The quantitative estimate of drug-likeness (QED) is 0.910. The molecule has 7 nitrogen and oxygen atoms in total. The second-order valence-corrected chi connectivity index (χ2v) is 7.81. The number of nitrogens with one attached hydrogen (secondary N) is 1. The molecular formula is C19H23N5O2. The van der Waals surface area contributed by atoms with E-state index < -0.39 is 0 Å². The topological polar surface area (TPSA) is 83.9 Å². The fourth-order valence-electron chi connectivity index (χ4n) is 4.41. The third-order valence-corrected chi connectivity index (χ3v) is 6.09. The molecule has 136 valence electrons. The molecule has 0 bridgehead atoms. The fourth-order valence-corrected chi connectivity index (χ4v) is 4.41. The van der Waals surface area contributed by atoms with Gasteiger partial charge in [-0.15, -0.1) is 0 Å². The Morgan fingerprint density at radius 3 is 2.65 bits per heavy atom. The minimum atomic E-state index is -0.0898. The number of aromatic amines is 1. The van der Waals surface area contributed by atoms with E-state index in [0.717, 1.165) is 68.3 Å². The van der Waals surface area contributed by atoms with Gasteiger partial charge >= 0.3 is 0 Å². The van der Waals surface area contributed by atoms with Gasteiger partial charge in [-0.1, -0.05) is 0 Å². The first-order valence-electron chi connectivity index (χ1n) is 9.65. The molecule has 3 heterocycles. The van der Waals surface area contributed by atoms with Gasteiger partial charge in [0.15, 0.2) is 0 Å². The van der Waals surface area contributed by atoms with E-state index in [0.29, 0.717) is 11.5 Å². The van der Waals surface area contributed by atoms with Crippen LogP contribution in [-0.4, -0.2) is 43.6 Å². The van der Waals surface area contributed by atoms with Crippen LogP contribution in [0, 0.1) is 11.8 Å². The van der Waals surface area contributed by atoms with E-state index in [-0.39, 0.29) is 11.5 Å². The molecular weight excluding hydrogens is 330 g/mol. The van der Waals surface area contributed by atoms with E-state index in [2.05, 4.69) is 15.1 Å². The Kier molecular flexibility index (Phi) is 3.69. The maximum Gasteiger partial charge on any atom is 0.257 e. The fraction of sp³-hybridized carbons (Fsp3) is 0.579. The highest BCUT2D eigenvalue weighted by Gasteiger charge is 2.34. The van der Waals surface area contributed by atoms with Crippen LogP contribution in [0.3, 0.4) is 0 Å². The Morgan fingerprint density at radius 1 is 1.12 bits per heavy atom. The summed E-state index contributed by atoms with van der Waals surface area (Å²) in [7, 11) is 0. The molecule has 2 fully saturated rings. The Bertz CT molecular complexity index is 903. The zero-order chi connectivity index (χ0) is 17.7. The number of piperidine rings is 1. The number of carbonyl (C=O) groups is 1. The van der Waals surface area contributed by atoms with Crippen LogP contribution in [0.25, 0.3) is 5.95 Å². The number of hydrogen-bond acceptors (Lipinski definition) is 4. The van der Waals surface area contributed by atoms with E-state index in [1.807, 2.05) is 4.90 Å². The molecule has 2 aliphatic carbocycles. The van der Waals surface area contributed by atoms with E-state index in [9.17, 15) is 9.59 Å². The van der Waals surface area contributed by atoms with Gasteiger partial charge in [0.05, 0.1) is 17.5 Å². The summed E-state index contributed by atoms with van der Waals surface area (Å²) >= 11 is 0. The molecule has 1 amide bonds. The summed E-state index contributed by atoms with van der Waals surface area (Å²) in [5, 5.41) is 4.26. The molecule has 1 N–H and O–H groups in total. The van der Waals surface area contributed by atoms with Crippen molar-refractivity contribution in [1.29, 1.82) is 0 Å². The molecule has 0 aromatic carbocycles. The molecule has 7 heteroatoms. The highest BCUT2D eigenvalue weighted by Crippen LogP contribution is 2.41. The van der Waals surface area contributed by atoms with Crippen molar-refractivity contribution < 1.29 is 4.79 Å². The Morgan fingerprint density at radius 2 is 1.88 bits per heavy atom. The molecule has 0 spiro atoms. The Balaban J connectivity index is 1.33. The Labute approximate surface area is 151 Å². The summed E-state index contributed by atoms with van der Waals surface area (Å²) in [5.74, 6) is 2.14. The molecule has 5 rings (SSSR count). The number of nitrogens with zero attached hydrogens (tertiary/aromatic N) is 4. The normalized spacial score (nSPS) is 20.4. The number of aryl methyl sites for hydroxylation is 1. The molecule has 2 aromatic heterocycles. The van der Waals surface area contributed by atoms with Crippen molar-refractivity contribution in [3.63, 3.8) is 0 Å². The average molecular weight is 353 g/mol. The van der Waals surface area contributed by atoms with Crippen LogP contribution in [0.5, 0.6) is 0 Å². The molecule has 1 saturated heterocycles. The van der Waals surface area contributed by atoms with Crippen molar-refractivity contribution in [2.45, 2.75) is 44.9 Å². The van der Waals surface area contributed by atoms with Gasteiger partial charge in [-0.2, -0.15) is 5.10 Å². The number of rotatable bonds is 3. The number of likely N-dealkylation sites (tertiary alicyclic amines) is 1. The van der Waals surface area contributed by atoms with Gasteiger partial charge in [0, 0.05) is 24.8 Å². The van der Waals surface area contributed by atoms with Gasteiger partial charge in [0.25, 0.3) is 11.5 Å². The van der Waals surface area contributed by atoms with Crippen molar-refractivity contribution in [2.24, 2.45) is 11.8 Å². The van der Waals surface area contributed by atoms with Gasteiger partial charge in [0.2, 0.25) is 5.95 Å². The number of aromatic nitrogens is 4. The number of H-pyrrole nitrogens is 1. The highest BCUT2D eigenvalue weighted by atomic mass is 16.2. The number of fused-ring (bicyclic) bond motifs is 1. The van der Waals surface area contributed by atoms with Crippen LogP contribution >= 0.6 is 0 Å². The largest absolute Gasteiger partial charge is 0.339 e. The predicted octanol–water partition coefficient (Wildman–Crippen LogP) is 1.71. The van der Waals surface area contributed by atoms with Crippen molar-refractivity contribution in [1.82, 2.24) is 24.6 Å². The predicted molar refractivity (Wildman–Crippen MR) is 95.4 cm³/mol. The van der Waals surface area contributed by atoms with Crippen LogP contribution in [0.1, 0.15) is 53.7 Å². The monoisotopic (exact) mass is 353 g/mol. The van der Waals surface area contributed by atoms with Crippen molar-refractivity contribution in [2.75, 3.05) is 13.1 Å². The standard InChI is InChI=1S/C19H23N5O2/c25-17-15-2-1-3-16(15)21-19(22-17)24-11-14(10-20-24)18(26)23-8-6-13(7-9-23)12-4-5-12/h10-13H,1-9H2,(H,21,22,25). The molecule has 0 radical (unpaired) electrons. The van der Waals surface area contributed by atoms with E-state index >= 15 is 0 Å². The zero-order valence-corrected chi connectivity index (χ0v) is 14.8. The third kappa shape index (κ3) is 2.75. The first-order chi connectivity index (χ1) is 12.7. The molecule has 0 unspecified atom stereocenters. The van der Waals surface area contributed by atoms with E-state index in [4.69, 9.17) is 0 Å². The van der Waals surface area contributed by atoms with Crippen LogP contribution < -0.4 is 5.56 Å². The van der Waals surface area contributed by atoms with Gasteiger partial charge in [-0.25, -0.2) is 9.67 Å². The summed E-state index contributed by atoms with van der Waals surface area (Å²) in [6.45, 7) is 1.66. The lowest BCUT2D eigenvalue weighted by Gasteiger charge is -2.31. The SMILES string of the molecule is O=C(c1cnn(-c2nc3c(c(=O)[nH]2)CCC3)c1)N1CCC(C2CC2)CC1. The molecule has 1 aliphatic heterocycles. The zero-order valence-electron chi connectivity index (χ0n) is 14.8. The molecule has 2 aromatic rings. The van der Waals surface area contributed by atoms with E-state index in [1.165, 1.54) is 17.5 Å². The van der Waals surface area contributed by atoms with Gasteiger partial charge < -0.3 is 4.90 Å². The summed E-state index contributed by atoms with van der Waals surface area (Å²) in [6.07, 6.45) is 10.8. The molecule has 26 heavy (non-hydrogen) atoms. The molecule has 3 aliphatic rings. The summed E-state index contributed by atoms with van der Waals surface area (Å²) in [6, 6.07) is 0. The molecule has 0 atom stereocenters. The van der Waals surface area contributed by atoms with Gasteiger partial charge in [-0.3, -0.25) is 14.6 Å². The molecule has 1 saturated carbocycles. The van der Waals surface area contributed by atoms with Crippen molar-refractivity contribution in [3.05, 3.63) is 39.6 Å². The first-order valence-corrected chi connectivity index (χ1v) is 9.65. The third-order valence-electron chi connectivity index (χ3n) is 6.09. The number of carbonyl (C=O) groups excluding carboxylic acids is 1. The van der Waals surface area contributed by atoms with Gasteiger partial charge in [-0.05, 0) is 56.8 Å². The van der Waals surface area contributed by atoms with Crippen molar-refractivity contribution in [3.8, 4) is 5.95 Å². The van der Waals surface area contributed by atoms with Crippen LogP contribution in [0.4, 0.5) is 0 Å². The van der Waals surface area contributed by atoms with Gasteiger partial charge in [0.1, 0.15) is 0 Å². The lowest BCUT2D eigenvalue weighted by atomic mass is 9.92. The number of hydrogen-bond donors (Lipinski definition) is 1. The van der Waals surface area contributed by atoms with E-state index in [1.54, 1.807) is 12.4 Å². The second kappa shape index (κ2) is 6.07. The maximum absolute atomic E-state index is 12.8.